The number of likely N-dealkylation sites (tertiary alicyclic amines) is 1. The Bertz CT molecular complexity index is 747. The van der Waals surface area contributed by atoms with Gasteiger partial charge in [-0.25, -0.2) is 4.39 Å². The summed E-state index contributed by atoms with van der Waals surface area (Å²) in [5, 5.41) is -0.153. The first-order valence-corrected chi connectivity index (χ1v) is 10.4. The van der Waals surface area contributed by atoms with Gasteiger partial charge in [0.15, 0.2) is 10.9 Å². The summed E-state index contributed by atoms with van der Waals surface area (Å²) in [5.41, 5.74) is 1.35. The van der Waals surface area contributed by atoms with Crippen LogP contribution in [0.15, 0.2) is 30.5 Å². The molecule has 1 aliphatic heterocycles. The number of hydrogen-bond acceptors (Lipinski definition) is 4. The number of ether oxygens (including phenoxy) is 1. The molecule has 0 bridgehead atoms. The zero-order valence-electron chi connectivity index (χ0n) is 16.3. The average Bonchev–Trinajstić information content (AvgIpc) is 3.26. The molecular weight excluding hydrogens is 366 g/mol. The molecular formula is C21H28F2N2OS. The minimum Gasteiger partial charge on any atom is -0.381 e. The molecule has 3 nitrogen and oxygen atoms in total. The molecule has 3 rings (SSSR count). The fraction of sp³-hybridized carbons (Fsp3) is 0.571. The van der Waals surface area contributed by atoms with E-state index in [0.717, 1.165) is 29.8 Å². The topological polar surface area (TPSA) is 25.4 Å². The molecule has 2 aromatic rings. The van der Waals surface area contributed by atoms with Crippen molar-refractivity contribution in [3.05, 3.63) is 51.7 Å². The Hall–Kier alpha value is -1.37. The highest BCUT2D eigenvalue weighted by atomic mass is 32.1. The van der Waals surface area contributed by atoms with Crippen molar-refractivity contribution in [3.63, 3.8) is 0 Å². The lowest BCUT2D eigenvalue weighted by Crippen LogP contribution is -2.41. The Kier molecular flexibility index (Phi) is 6.28. The number of alkyl halides is 1. The number of nitrogens with zero attached hydrogens (tertiary/aromatic N) is 2. The van der Waals surface area contributed by atoms with Crippen molar-refractivity contribution < 1.29 is 13.5 Å². The third kappa shape index (κ3) is 4.73. The van der Waals surface area contributed by atoms with Gasteiger partial charge in [-0.3, -0.25) is 9.88 Å². The molecule has 0 aliphatic carbocycles. The quantitative estimate of drug-likeness (QED) is 0.583. The van der Waals surface area contributed by atoms with Gasteiger partial charge in [-0.1, -0.05) is 6.07 Å². The molecule has 1 fully saturated rings. The van der Waals surface area contributed by atoms with Gasteiger partial charge in [0.2, 0.25) is 0 Å². The number of pyridine rings is 1. The van der Waals surface area contributed by atoms with E-state index in [9.17, 15) is 4.39 Å². The van der Waals surface area contributed by atoms with Gasteiger partial charge in [-0.05, 0) is 58.2 Å². The van der Waals surface area contributed by atoms with E-state index in [1.165, 1.54) is 17.4 Å². The Balaban J connectivity index is 1.73. The van der Waals surface area contributed by atoms with Crippen molar-refractivity contribution in [1.82, 2.24) is 9.88 Å². The first kappa shape index (κ1) is 20.4. The zero-order valence-corrected chi connectivity index (χ0v) is 17.1. The molecule has 6 heteroatoms. The van der Waals surface area contributed by atoms with E-state index in [2.05, 4.69) is 4.98 Å². The van der Waals surface area contributed by atoms with E-state index in [-0.39, 0.29) is 10.5 Å². The van der Waals surface area contributed by atoms with Crippen LogP contribution in [-0.4, -0.2) is 36.2 Å². The lowest BCUT2D eigenvalue weighted by molar-refractivity contribution is -0.0258. The normalized spacial score (nSPS) is 22.9. The summed E-state index contributed by atoms with van der Waals surface area (Å²) in [4.78, 5) is 7.19. The molecule has 27 heavy (non-hydrogen) atoms. The van der Waals surface area contributed by atoms with Crippen molar-refractivity contribution in [2.45, 2.75) is 45.8 Å². The third-order valence-electron chi connectivity index (χ3n) is 5.61. The Labute approximate surface area is 164 Å². The van der Waals surface area contributed by atoms with Crippen molar-refractivity contribution in [1.29, 1.82) is 0 Å². The Morgan fingerprint density at radius 3 is 2.78 bits per heavy atom. The number of halogens is 2. The van der Waals surface area contributed by atoms with Crippen LogP contribution in [0.3, 0.4) is 0 Å². The van der Waals surface area contributed by atoms with Gasteiger partial charge in [0.25, 0.3) is 0 Å². The summed E-state index contributed by atoms with van der Waals surface area (Å²) < 4.78 is 34.7. The molecule has 0 radical (unpaired) electrons. The van der Waals surface area contributed by atoms with Gasteiger partial charge in [0, 0.05) is 47.4 Å². The van der Waals surface area contributed by atoms with Crippen LogP contribution in [-0.2, 0) is 17.0 Å². The fourth-order valence-corrected chi connectivity index (χ4v) is 4.53. The first-order chi connectivity index (χ1) is 12.8. The molecule has 2 atom stereocenters. The molecule has 0 spiro atoms. The molecule has 1 aliphatic rings. The SMILES string of the molecule is CCOC[C@]1(CCc2ccc(F)s2)CCN(C(C)(F)c2ccc(C)nc2)C1. The van der Waals surface area contributed by atoms with E-state index in [4.69, 9.17) is 4.74 Å². The highest BCUT2D eigenvalue weighted by molar-refractivity contribution is 7.10. The lowest BCUT2D eigenvalue weighted by atomic mass is 9.83. The predicted octanol–water partition coefficient (Wildman–Crippen LogP) is 5.09. The molecule has 148 valence electrons. The standard InChI is InChI=1S/C21H28F2N2OS/c1-4-26-15-21(10-9-18-7-8-19(22)27-18)11-12-25(14-21)20(3,23)17-6-5-16(2)24-13-17/h5-8,13H,4,9-12,14-15H2,1-3H3/t20?,21-/m1/s1. The molecule has 0 saturated carbocycles. The molecule has 1 unspecified atom stereocenters. The van der Waals surface area contributed by atoms with Crippen molar-refractivity contribution in [2.75, 3.05) is 26.3 Å². The molecule has 0 aromatic carbocycles. The maximum atomic E-state index is 15.7. The van der Waals surface area contributed by atoms with Crippen LogP contribution in [0.1, 0.15) is 42.8 Å². The average molecular weight is 395 g/mol. The number of hydrogen-bond donors (Lipinski definition) is 0. The third-order valence-corrected chi connectivity index (χ3v) is 6.55. The second kappa shape index (κ2) is 8.33. The summed E-state index contributed by atoms with van der Waals surface area (Å²) in [5.74, 6) is -1.57. The predicted molar refractivity (Wildman–Crippen MR) is 105 cm³/mol. The maximum Gasteiger partial charge on any atom is 0.188 e. The largest absolute Gasteiger partial charge is 0.381 e. The summed E-state index contributed by atoms with van der Waals surface area (Å²) in [6, 6.07) is 7.03. The van der Waals surface area contributed by atoms with E-state index in [1.54, 1.807) is 13.1 Å². The summed E-state index contributed by atoms with van der Waals surface area (Å²) in [7, 11) is 0. The summed E-state index contributed by atoms with van der Waals surface area (Å²) >= 11 is 1.19. The molecule has 3 heterocycles. The van der Waals surface area contributed by atoms with Gasteiger partial charge in [0.05, 0.1) is 6.61 Å². The number of aryl methyl sites for hydroxylation is 2. The molecule has 0 N–H and O–H groups in total. The smallest absolute Gasteiger partial charge is 0.188 e. The Morgan fingerprint density at radius 1 is 1.33 bits per heavy atom. The van der Waals surface area contributed by atoms with E-state index >= 15 is 4.39 Å². The highest BCUT2D eigenvalue weighted by Gasteiger charge is 2.45. The van der Waals surface area contributed by atoms with Gasteiger partial charge < -0.3 is 4.74 Å². The molecule has 0 amide bonds. The van der Waals surface area contributed by atoms with Crippen LogP contribution in [0, 0.1) is 17.5 Å². The summed E-state index contributed by atoms with van der Waals surface area (Å²) in [6.45, 7) is 8.04. The van der Waals surface area contributed by atoms with Gasteiger partial charge in [0.1, 0.15) is 0 Å². The fourth-order valence-electron chi connectivity index (χ4n) is 3.80. The highest BCUT2D eigenvalue weighted by Crippen LogP contribution is 2.42. The molecule has 2 aromatic heterocycles. The number of rotatable bonds is 8. The monoisotopic (exact) mass is 394 g/mol. The van der Waals surface area contributed by atoms with Crippen LogP contribution < -0.4 is 0 Å². The summed E-state index contributed by atoms with van der Waals surface area (Å²) in [6.07, 6.45) is 4.17. The van der Waals surface area contributed by atoms with E-state index < -0.39 is 5.79 Å². The Morgan fingerprint density at radius 2 is 2.15 bits per heavy atom. The maximum absolute atomic E-state index is 15.7. The minimum atomic E-state index is -1.57. The number of thiophene rings is 1. The second-order valence-electron chi connectivity index (χ2n) is 7.66. The van der Waals surface area contributed by atoms with Gasteiger partial charge in [-0.2, -0.15) is 4.39 Å². The van der Waals surface area contributed by atoms with Crippen LogP contribution in [0.5, 0.6) is 0 Å². The van der Waals surface area contributed by atoms with Crippen LogP contribution in [0.2, 0.25) is 0 Å². The minimum absolute atomic E-state index is 0.109. The first-order valence-electron chi connectivity index (χ1n) is 9.54. The van der Waals surface area contributed by atoms with Crippen LogP contribution in [0.4, 0.5) is 8.78 Å². The van der Waals surface area contributed by atoms with Crippen LogP contribution >= 0.6 is 11.3 Å². The van der Waals surface area contributed by atoms with Crippen molar-refractivity contribution in [3.8, 4) is 0 Å². The second-order valence-corrected chi connectivity index (χ2v) is 8.77. The lowest BCUT2D eigenvalue weighted by Gasteiger charge is -2.34. The van der Waals surface area contributed by atoms with Gasteiger partial charge >= 0.3 is 0 Å². The van der Waals surface area contributed by atoms with E-state index in [0.29, 0.717) is 31.9 Å². The van der Waals surface area contributed by atoms with Gasteiger partial charge in [-0.15, -0.1) is 11.3 Å². The zero-order chi connectivity index (χ0) is 19.5. The van der Waals surface area contributed by atoms with Crippen molar-refractivity contribution >= 4 is 11.3 Å². The molecule has 1 saturated heterocycles. The van der Waals surface area contributed by atoms with Crippen molar-refractivity contribution in [2.24, 2.45) is 5.41 Å². The van der Waals surface area contributed by atoms with Crippen LogP contribution in [0.25, 0.3) is 0 Å². The number of aromatic nitrogens is 1. The van der Waals surface area contributed by atoms with E-state index in [1.807, 2.05) is 36.9 Å².